The zero-order valence-corrected chi connectivity index (χ0v) is 14.5. The summed E-state index contributed by atoms with van der Waals surface area (Å²) in [6.07, 6.45) is 1.39. The van der Waals surface area contributed by atoms with Crippen molar-refractivity contribution in [1.82, 2.24) is 15.2 Å². The summed E-state index contributed by atoms with van der Waals surface area (Å²) in [5.74, 6) is -0.153. The average Bonchev–Trinajstić information content (AvgIpc) is 3.15. The van der Waals surface area contributed by atoms with Crippen molar-refractivity contribution in [3.63, 3.8) is 0 Å². The number of nitrogens with one attached hydrogen (secondary N) is 1. The molecule has 0 spiro atoms. The lowest BCUT2D eigenvalue weighted by Gasteiger charge is -2.08. The first-order chi connectivity index (χ1) is 13.1. The van der Waals surface area contributed by atoms with Crippen molar-refractivity contribution in [2.24, 2.45) is 10.7 Å². The van der Waals surface area contributed by atoms with Gasteiger partial charge in [0.25, 0.3) is 0 Å². The fourth-order valence-electron chi connectivity index (χ4n) is 3.24. The number of ether oxygens (including phenoxy) is 1. The standard InChI is InChI=1S/C19H17F2N5O/c1-27-15-8-12(20)7-13(16(15)23-10-22)17-24-18(26-25-17)14-9-19(14,21)11-5-3-2-4-6-11/h2-8,10,14H,9H2,1H3,(H2,22,23)(H,24,25,26). The highest BCUT2D eigenvalue weighted by molar-refractivity contribution is 5.79. The minimum atomic E-state index is -1.48. The first-order valence-corrected chi connectivity index (χ1v) is 8.35. The Morgan fingerprint density at radius 2 is 2.11 bits per heavy atom. The van der Waals surface area contributed by atoms with Gasteiger partial charge in [-0.2, -0.15) is 5.10 Å². The van der Waals surface area contributed by atoms with Crippen molar-refractivity contribution in [3.8, 4) is 17.1 Å². The molecule has 0 amide bonds. The van der Waals surface area contributed by atoms with Crippen LogP contribution in [-0.4, -0.2) is 28.6 Å². The number of aromatic amines is 1. The Morgan fingerprint density at radius 3 is 2.81 bits per heavy atom. The lowest BCUT2D eigenvalue weighted by atomic mass is 10.1. The van der Waals surface area contributed by atoms with Crippen LogP contribution in [0.25, 0.3) is 11.4 Å². The van der Waals surface area contributed by atoms with Gasteiger partial charge in [0.05, 0.1) is 24.9 Å². The summed E-state index contributed by atoms with van der Waals surface area (Å²) >= 11 is 0. The smallest absolute Gasteiger partial charge is 0.183 e. The van der Waals surface area contributed by atoms with Crippen LogP contribution in [0.15, 0.2) is 47.5 Å². The summed E-state index contributed by atoms with van der Waals surface area (Å²) in [7, 11) is 1.40. The second-order valence-electron chi connectivity index (χ2n) is 6.31. The first kappa shape index (κ1) is 17.1. The van der Waals surface area contributed by atoms with Crippen LogP contribution in [0.4, 0.5) is 14.5 Å². The van der Waals surface area contributed by atoms with Crippen molar-refractivity contribution in [2.45, 2.75) is 18.0 Å². The number of rotatable bonds is 5. The van der Waals surface area contributed by atoms with Gasteiger partial charge in [-0.15, -0.1) is 0 Å². The molecule has 1 aliphatic carbocycles. The summed E-state index contributed by atoms with van der Waals surface area (Å²) < 4.78 is 34.3. The van der Waals surface area contributed by atoms with Crippen LogP contribution in [0.5, 0.6) is 5.75 Å². The highest BCUT2D eigenvalue weighted by Gasteiger charge is 2.59. The zero-order chi connectivity index (χ0) is 19.0. The molecule has 0 aliphatic heterocycles. The third kappa shape index (κ3) is 2.92. The van der Waals surface area contributed by atoms with E-state index in [1.807, 2.05) is 6.07 Å². The van der Waals surface area contributed by atoms with Crippen molar-refractivity contribution in [1.29, 1.82) is 0 Å². The van der Waals surface area contributed by atoms with E-state index in [4.69, 9.17) is 10.5 Å². The summed E-state index contributed by atoms with van der Waals surface area (Å²) in [4.78, 5) is 8.41. The SMILES string of the molecule is COc1cc(F)cc(-c2n[nH]c(C3CC3(F)c3ccccc3)n2)c1N=CN. The van der Waals surface area contributed by atoms with Crippen LogP contribution in [0, 0.1) is 5.82 Å². The number of nitrogens with zero attached hydrogens (tertiary/aromatic N) is 3. The molecule has 3 aromatic rings. The molecule has 2 unspecified atom stereocenters. The maximum Gasteiger partial charge on any atom is 0.183 e. The molecule has 0 radical (unpaired) electrons. The molecule has 1 aliphatic rings. The Hall–Kier alpha value is -3.29. The molecule has 1 saturated carbocycles. The number of hydrogen-bond donors (Lipinski definition) is 2. The third-order valence-electron chi connectivity index (χ3n) is 4.68. The van der Waals surface area contributed by atoms with Gasteiger partial charge in [-0.05, 0) is 18.1 Å². The minimum Gasteiger partial charge on any atom is -0.494 e. The van der Waals surface area contributed by atoms with Gasteiger partial charge in [-0.3, -0.25) is 5.10 Å². The Kier molecular flexibility index (Phi) is 4.10. The number of nitrogens with two attached hydrogens (primary N) is 1. The molecule has 0 bridgehead atoms. The van der Waals surface area contributed by atoms with E-state index in [1.165, 1.54) is 19.2 Å². The number of methoxy groups -OCH3 is 1. The van der Waals surface area contributed by atoms with Crippen molar-refractivity contribution < 1.29 is 13.5 Å². The van der Waals surface area contributed by atoms with Crippen molar-refractivity contribution in [3.05, 3.63) is 59.7 Å². The monoisotopic (exact) mass is 369 g/mol. The largest absolute Gasteiger partial charge is 0.494 e. The van der Waals surface area contributed by atoms with Crippen molar-refractivity contribution >= 4 is 12.0 Å². The molecule has 0 saturated heterocycles. The molecular formula is C19H17F2N5O. The van der Waals surface area contributed by atoms with Gasteiger partial charge in [-0.1, -0.05) is 30.3 Å². The topological polar surface area (TPSA) is 89.2 Å². The second-order valence-corrected chi connectivity index (χ2v) is 6.31. The average molecular weight is 369 g/mol. The van der Waals surface area contributed by atoms with Gasteiger partial charge in [0, 0.05) is 6.07 Å². The highest BCUT2D eigenvalue weighted by Crippen LogP contribution is 2.60. The molecule has 4 rings (SSSR count). The predicted octanol–water partition coefficient (Wildman–Crippen LogP) is 3.59. The Bertz CT molecular complexity index is 1000. The quantitative estimate of drug-likeness (QED) is 0.531. The van der Waals surface area contributed by atoms with E-state index >= 15 is 4.39 Å². The summed E-state index contributed by atoms with van der Waals surface area (Å²) in [6, 6.07) is 11.4. The van der Waals surface area contributed by atoms with Crippen LogP contribution >= 0.6 is 0 Å². The Morgan fingerprint density at radius 1 is 1.33 bits per heavy atom. The molecule has 8 heteroatoms. The normalized spacial score (nSPS) is 21.5. The number of alkyl halides is 1. The van der Waals surface area contributed by atoms with Crippen LogP contribution in [0.1, 0.15) is 23.7 Å². The van der Waals surface area contributed by atoms with E-state index in [1.54, 1.807) is 24.3 Å². The Labute approximate surface area is 154 Å². The van der Waals surface area contributed by atoms with E-state index in [9.17, 15) is 4.39 Å². The molecule has 1 heterocycles. The van der Waals surface area contributed by atoms with E-state index in [0.717, 1.165) is 6.34 Å². The van der Waals surface area contributed by atoms with Gasteiger partial charge in [-0.25, -0.2) is 18.8 Å². The van der Waals surface area contributed by atoms with E-state index in [-0.39, 0.29) is 11.6 Å². The molecule has 2 atom stereocenters. The molecule has 1 aromatic heterocycles. The number of benzene rings is 2. The number of aromatic nitrogens is 3. The fraction of sp³-hybridized carbons (Fsp3) is 0.211. The van der Waals surface area contributed by atoms with Gasteiger partial charge < -0.3 is 10.5 Å². The lowest BCUT2D eigenvalue weighted by Crippen LogP contribution is -2.02. The first-order valence-electron chi connectivity index (χ1n) is 8.35. The van der Waals surface area contributed by atoms with Crippen LogP contribution < -0.4 is 10.5 Å². The second kappa shape index (κ2) is 6.46. The van der Waals surface area contributed by atoms with E-state index < -0.39 is 17.4 Å². The zero-order valence-electron chi connectivity index (χ0n) is 14.5. The van der Waals surface area contributed by atoms with Gasteiger partial charge in [0.1, 0.15) is 28.7 Å². The molecule has 6 nitrogen and oxygen atoms in total. The van der Waals surface area contributed by atoms with Crippen LogP contribution in [0.2, 0.25) is 0 Å². The van der Waals surface area contributed by atoms with Gasteiger partial charge >= 0.3 is 0 Å². The minimum absolute atomic E-state index is 0.200. The fourth-order valence-corrected chi connectivity index (χ4v) is 3.24. The summed E-state index contributed by atoms with van der Waals surface area (Å²) in [6.45, 7) is 0. The number of H-pyrrole nitrogens is 1. The summed E-state index contributed by atoms with van der Waals surface area (Å²) in [5, 5.41) is 6.90. The van der Waals surface area contributed by atoms with Gasteiger partial charge in [0.15, 0.2) is 5.82 Å². The van der Waals surface area contributed by atoms with Crippen LogP contribution in [-0.2, 0) is 5.67 Å². The summed E-state index contributed by atoms with van der Waals surface area (Å²) in [5.41, 5.74) is 5.13. The number of hydrogen-bond acceptors (Lipinski definition) is 4. The third-order valence-corrected chi connectivity index (χ3v) is 4.68. The maximum absolute atomic E-state index is 15.2. The lowest BCUT2D eigenvalue weighted by molar-refractivity contribution is 0.304. The molecular weight excluding hydrogens is 352 g/mol. The maximum atomic E-state index is 15.2. The predicted molar refractivity (Wildman–Crippen MR) is 97.3 cm³/mol. The molecule has 138 valence electrons. The van der Waals surface area contributed by atoms with E-state index in [2.05, 4.69) is 20.2 Å². The number of aliphatic imine (C=N–C) groups is 1. The van der Waals surface area contributed by atoms with E-state index in [0.29, 0.717) is 29.1 Å². The number of halogens is 2. The Balaban J connectivity index is 1.70. The van der Waals surface area contributed by atoms with Crippen molar-refractivity contribution in [2.75, 3.05) is 7.11 Å². The highest BCUT2D eigenvalue weighted by atomic mass is 19.1. The molecule has 3 N–H and O–H groups in total. The molecule has 27 heavy (non-hydrogen) atoms. The van der Waals surface area contributed by atoms with Crippen LogP contribution in [0.3, 0.4) is 0 Å². The van der Waals surface area contributed by atoms with Gasteiger partial charge in [0.2, 0.25) is 0 Å². The molecule has 1 fully saturated rings. The molecule has 2 aromatic carbocycles.